The van der Waals surface area contributed by atoms with Gasteiger partial charge in [0.1, 0.15) is 10.6 Å². The molecule has 1 aliphatic carbocycles. The van der Waals surface area contributed by atoms with Crippen LogP contribution in [0.3, 0.4) is 0 Å². The molecule has 0 radical (unpaired) electrons. The minimum Gasteiger partial charge on any atom is -0.395 e. The molecule has 1 aromatic heterocycles. The highest BCUT2D eigenvalue weighted by Crippen LogP contribution is 2.75. The van der Waals surface area contributed by atoms with Crippen LogP contribution in [0.4, 0.5) is 25.1 Å². The second kappa shape index (κ2) is 11.3. The maximum atomic E-state index is 14.1. The number of nitrogens with zero attached hydrogens (tertiary/aromatic N) is 3. The van der Waals surface area contributed by atoms with E-state index in [1.165, 1.54) is 6.07 Å². The van der Waals surface area contributed by atoms with Gasteiger partial charge in [0.2, 0.25) is 0 Å². The Kier molecular flexibility index (Phi) is 7.93. The molecule has 1 saturated heterocycles. The van der Waals surface area contributed by atoms with Gasteiger partial charge in [0, 0.05) is 30.4 Å². The molecule has 2 aromatic carbocycles. The number of ether oxygens (including phenoxy) is 1. The average molecular weight is 576 g/mol. The predicted molar refractivity (Wildman–Crippen MR) is 148 cm³/mol. The van der Waals surface area contributed by atoms with Gasteiger partial charge in [0.15, 0.2) is 17.5 Å². The van der Waals surface area contributed by atoms with Gasteiger partial charge >= 0.3 is 6.03 Å². The van der Waals surface area contributed by atoms with Crippen LogP contribution in [0.25, 0.3) is 11.4 Å². The SMILES string of the molecule is C[C@H]1COCCN1c1cc(C2(S(O)(O)c3ccc(F)c(F)c3)CC2)nc(-c2ccc(NC(=O)NCCO)cc2)n1. The highest BCUT2D eigenvalue weighted by Gasteiger charge is 2.57. The van der Waals surface area contributed by atoms with Gasteiger partial charge in [-0.2, -0.15) is 10.6 Å². The van der Waals surface area contributed by atoms with Crippen LogP contribution in [0.2, 0.25) is 0 Å². The summed E-state index contributed by atoms with van der Waals surface area (Å²) in [5.41, 5.74) is 1.55. The summed E-state index contributed by atoms with van der Waals surface area (Å²) in [6.45, 7) is 3.54. The molecule has 0 bridgehead atoms. The second-order valence-corrected chi connectivity index (χ2v) is 12.2. The first kappa shape index (κ1) is 28.2. The third-order valence-electron chi connectivity index (χ3n) is 7.11. The van der Waals surface area contributed by atoms with Gasteiger partial charge in [0.05, 0.1) is 36.5 Å². The number of halogens is 2. The van der Waals surface area contributed by atoms with Gasteiger partial charge in [-0.25, -0.2) is 23.5 Å². The van der Waals surface area contributed by atoms with E-state index in [2.05, 4.69) is 15.5 Å². The number of anilines is 2. The molecule has 1 saturated carbocycles. The lowest BCUT2D eigenvalue weighted by Gasteiger charge is -2.41. The van der Waals surface area contributed by atoms with Gasteiger partial charge in [0.25, 0.3) is 0 Å². The number of rotatable bonds is 8. The van der Waals surface area contributed by atoms with Crippen molar-refractivity contribution in [2.24, 2.45) is 0 Å². The number of urea groups is 1. The molecule has 40 heavy (non-hydrogen) atoms. The lowest BCUT2D eigenvalue weighted by molar-refractivity contribution is 0.0985. The van der Waals surface area contributed by atoms with Crippen LogP contribution in [0.5, 0.6) is 0 Å². The van der Waals surface area contributed by atoms with Gasteiger partial charge in [-0.15, -0.1) is 0 Å². The van der Waals surface area contributed by atoms with Crippen molar-refractivity contribution in [3.63, 3.8) is 0 Å². The Morgan fingerprint density at radius 2 is 1.88 bits per heavy atom. The average Bonchev–Trinajstić information content (AvgIpc) is 3.77. The Bertz CT molecular complexity index is 1390. The van der Waals surface area contributed by atoms with Crippen molar-refractivity contribution in [2.45, 2.75) is 35.4 Å². The van der Waals surface area contributed by atoms with E-state index < -0.39 is 33.0 Å². The Hall–Kier alpha value is -3.36. The monoisotopic (exact) mass is 575 g/mol. The number of carbonyl (C=O) groups is 1. The maximum absolute atomic E-state index is 14.1. The summed E-state index contributed by atoms with van der Waals surface area (Å²) in [6.07, 6.45) is 0.795. The van der Waals surface area contributed by atoms with E-state index in [0.29, 0.717) is 61.2 Å². The van der Waals surface area contributed by atoms with Gasteiger partial charge in [-0.05, 0) is 62.2 Å². The first-order valence-corrected chi connectivity index (χ1v) is 14.4. The van der Waals surface area contributed by atoms with Crippen molar-refractivity contribution in [3.8, 4) is 11.4 Å². The van der Waals surface area contributed by atoms with Crippen molar-refractivity contribution >= 4 is 28.1 Å². The molecule has 3 aromatic rings. The molecule has 214 valence electrons. The zero-order valence-electron chi connectivity index (χ0n) is 21.8. The van der Waals surface area contributed by atoms with Gasteiger partial charge in [-0.3, -0.25) is 9.11 Å². The fourth-order valence-corrected chi connectivity index (χ4v) is 6.78. The summed E-state index contributed by atoms with van der Waals surface area (Å²) < 4.78 is 54.9. The predicted octanol–water partition coefficient (Wildman–Crippen LogP) is 4.56. The minimum absolute atomic E-state index is 0.00932. The van der Waals surface area contributed by atoms with Crippen molar-refractivity contribution in [2.75, 3.05) is 43.1 Å². The summed E-state index contributed by atoms with van der Waals surface area (Å²) in [6, 6.07) is 11.1. The van der Waals surface area contributed by atoms with Crippen LogP contribution in [0, 0.1) is 11.6 Å². The number of hydrogen-bond donors (Lipinski definition) is 5. The standard InChI is InChI=1S/C27H31F2N5O5S/c1-17-16-39-13-11-34(17)24-15-23(27(8-9-27)40(37,38)20-6-7-21(28)22(29)14-20)32-25(33-24)18-2-4-19(5-3-18)31-26(36)30-10-12-35/h2-7,14-15,17,35,37-38H,8-13,16H2,1H3,(H2,30,31,36)/t17-/m0/s1. The number of aromatic nitrogens is 2. The van der Waals surface area contributed by atoms with E-state index >= 15 is 0 Å². The lowest BCUT2D eigenvalue weighted by Crippen LogP contribution is -2.44. The Balaban J connectivity index is 1.53. The molecule has 13 heteroatoms. The summed E-state index contributed by atoms with van der Waals surface area (Å²) in [5.74, 6) is -1.29. The van der Waals surface area contributed by atoms with Gasteiger partial charge < -0.3 is 25.4 Å². The van der Waals surface area contributed by atoms with Crippen LogP contribution in [0.1, 0.15) is 25.5 Å². The highest BCUT2D eigenvalue weighted by molar-refractivity contribution is 8.25. The molecule has 0 spiro atoms. The van der Waals surface area contributed by atoms with Crippen molar-refractivity contribution < 1.29 is 32.5 Å². The summed E-state index contributed by atoms with van der Waals surface area (Å²) >= 11 is 0. The normalized spacial score (nSPS) is 18.8. The number of carbonyl (C=O) groups excluding carboxylic acids is 1. The molecule has 5 rings (SSSR count). The summed E-state index contributed by atoms with van der Waals surface area (Å²) in [5, 5.41) is 14.1. The Morgan fingerprint density at radius 3 is 2.52 bits per heavy atom. The minimum atomic E-state index is -3.62. The number of nitrogens with one attached hydrogen (secondary N) is 2. The molecular formula is C27H31F2N5O5S. The van der Waals surface area contributed by atoms with Crippen LogP contribution in [-0.4, -0.2) is 69.2 Å². The second-order valence-electron chi connectivity index (χ2n) is 9.85. The summed E-state index contributed by atoms with van der Waals surface area (Å²) in [7, 11) is -3.62. The lowest BCUT2D eigenvalue weighted by atomic mass is 10.1. The zero-order chi connectivity index (χ0) is 28.5. The number of hydrogen-bond acceptors (Lipinski definition) is 8. The molecule has 2 aliphatic rings. The number of amides is 2. The fraction of sp³-hybridized carbons (Fsp3) is 0.370. The molecule has 1 aliphatic heterocycles. The van der Waals surface area contributed by atoms with Crippen molar-refractivity contribution in [3.05, 3.63) is 65.9 Å². The first-order valence-electron chi connectivity index (χ1n) is 12.9. The molecule has 2 amide bonds. The zero-order valence-corrected chi connectivity index (χ0v) is 22.6. The van der Waals surface area contributed by atoms with E-state index in [0.717, 1.165) is 12.1 Å². The maximum Gasteiger partial charge on any atom is 0.319 e. The molecular weight excluding hydrogens is 544 g/mol. The Morgan fingerprint density at radius 1 is 1.12 bits per heavy atom. The molecule has 10 nitrogen and oxygen atoms in total. The third-order valence-corrected chi connectivity index (χ3v) is 9.73. The quantitative estimate of drug-likeness (QED) is 0.263. The van der Waals surface area contributed by atoms with Crippen LogP contribution in [0.15, 0.2) is 53.4 Å². The molecule has 0 unspecified atom stereocenters. The molecule has 1 atom stereocenters. The third kappa shape index (κ3) is 5.47. The highest BCUT2D eigenvalue weighted by atomic mass is 32.3. The van der Waals surface area contributed by atoms with E-state index in [4.69, 9.17) is 19.8 Å². The molecule has 2 fully saturated rings. The number of morpholine rings is 1. The van der Waals surface area contributed by atoms with E-state index in [-0.39, 0.29) is 24.1 Å². The van der Waals surface area contributed by atoms with Gasteiger partial charge in [-0.1, -0.05) is 0 Å². The van der Waals surface area contributed by atoms with Crippen molar-refractivity contribution in [1.29, 1.82) is 0 Å². The fourth-order valence-electron chi connectivity index (χ4n) is 4.74. The van der Waals surface area contributed by atoms with Crippen LogP contribution >= 0.6 is 10.6 Å². The largest absolute Gasteiger partial charge is 0.395 e. The topological polar surface area (TPSA) is 140 Å². The number of aliphatic hydroxyl groups excluding tert-OH is 1. The van der Waals surface area contributed by atoms with E-state index in [1.807, 2.05) is 6.92 Å². The van der Waals surface area contributed by atoms with E-state index in [9.17, 15) is 22.7 Å². The summed E-state index contributed by atoms with van der Waals surface area (Å²) in [4.78, 5) is 23.5. The molecule has 5 N–H and O–H groups in total. The van der Waals surface area contributed by atoms with Crippen LogP contribution in [-0.2, 0) is 9.48 Å². The first-order chi connectivity index (χ1) is 19.1. The number of benzene rings is 2. The smallest absolute Gasteiger partial charge is 0.319 e. The molecule has 2 heterocycles. The van der Waals surface area contributed by atoms with Crippen LogP contribution < -0.4 is 15.5 Å². The Labute approximate surface area is 231 Å². The van der Waals surface area contributed by atoms with E-state index in [1.54, 1.807) is 30.3 Å². The number of aliphatic hydroxyl groups is 1. The van der Waals surface area contributed by atoms with Crippen molar-refractivity contribution in [1.82, 2.24) is 15.3 Å².